The third kappa shape index (κ3) is 5.19. The number of hydrogen-bond acceptors (Lipinski definition) is 5. The molecule has 0 spiro atoms. The summed E-state index contributed by atoms with van der Waals surface area (Å²) in [5.41, 5.74) is 1.78. The van der Waals surface area contributed by atoms with Gasteiger partial charge in [0.2, 0.25) is 0 Å². The predicted molar refractivity (Wildman–Crippen MR) is 125 cm³/mol. The number of likely N-dealkylation sites (tertiary alicyclic amines) is 1. The van der Waals surface area contributed by atoms with Crippen molar-refractivity contribution < 1.29 is 14.3 Å². The number of rotatable bonds is 8. The van der Waals surface area contributed by atoms with Crippen molar-refractivity contribution in [2.45, 2.75) is 39.3 Å². The van der Waals surface area contributed by atoms with E-state index in [0.717, 1.165) is 54.5 Å². The number of carbonyl (C=O) groups is 1. The van der Waals surface area contributed by atoms with Gasteiger partial charge in [-0.25, -0.2) is 4.98 Å². The molecule has 2 aromatic carbocycles. The number of ketones is 1. The minimum Gasteiger partial charge on any atom is -0.497 e. The summed E-state index contributed by atoms with van der Waals surface area (Å²) < 4.78 is 13.1. The summed E-state index contributed by atoms with van der Waals surface area (Å²) in [4.78, 5) is 20.1. The highest BCUT2D eigenvalue weighted by molar-refractivity contribution is 5.98. The topological polar surface area (TPSA) is 56.6 Å². The molecule has 1 saturated heterocycles. The summed E-state index contributed by atoms with van der Waals surface area (Å²) in [6, 6.07) is 15.5. The first-order valence-corrected chi connectivity index (χ1v) is 11.2. The lowest BCUT2D eigenvalue weighted by atomic mass is 9.90. The number of imidazole rings is 1. The quantitative estimate of drug-likeness (QED) is 0.479. The maximum absolute atomic E-state index is 13.2. The molecule has 2 heterocycles. The normalized spacial score (nSPS) is 16.8. The lowest BCUT2D eigenvalue weighted by Gasteiger charge is -2.31. The molecule has 0 aliphatic carbocycles. The molecule has 6 heteroatoms. The highest BCUT2D eigenvalue weighted by atomic mass is 16.5. The number of methoxy groups -OCH3 is 1. The third-order valence-corrected chi connectivity index (χ3v) is 5.80. The largest absolute Gasteiger partial charge is 0.497 e. The average molecular weight is 434 g/mol. The van der Waals surface area contributed by atoms with Gasteiger partial charge in [0.05, 0.1) is 19.8 Å². The van der Waals surface area contributed by atoms with Crippen LogP contribution in [0.2, 0.25) is 0 Å². The van der Waals surface area contributed by atoms with Crippen molar-refractivity contribution in [1.82, 2.24) is 14.5 Å². The molecule has 0 N–H and O–H groups in total. The number of piperidine rings is 1. The first kappa shape index (κ1) is 22.1. The van der Waals surface area contributed by atoms with Gasteiger partial charge in [-0.1, -0.05) is 12.1 Å². The molecule has 0 amide bonds. The van der Waals surface area contributed by atoms with Gasteiger partial charge in [0, 0.05) is 36.1 Å². The van der Waals surface area contributed by atoms with Gasteiger partial charge in [-0.3, -0.25) is 9.69 Å². The summed E-state index contributed by atoms with van der Waals surface area (Å²) in [5, 5.41) is 0. The Kier molecular flexibility index (Phi) is 6.90. The van der Waals surface area contributed by atoms with Gasteiger partial charge in [0.1, 0.15) is 17.3 Å². The SMILES string of the molecule is COc1ccc(-n2ccnc2CN2CCC[C@H](C(=O)c3cccc(OC(C)C)c3)C2)cc1. The fraction of sp³-hybridized carbons (Fsp3) is 0.385. The van der Waals surface area contributed by atoms with Crippen molar-refractivity contribution in [3.05, 3.63) is 72.3 Å². The Morgan fingerprint density at radius 1 is 1.16 bits per heavy atom. The van der Waals surface area contributed by atoms with Crippen LogP contribution in [-0.2, 0) is 6.54 Å². The van der Waals surface area contributed by atoms with Crippen LogP contribution >= 0.6 is 0 Å². The number of benzene rings is 2. The van der Waals surface area contributed by atoms with Gasteiger partial charge in [0.25, 0.3) is 0 Å². The standard InChI is InChI=1S/C26H31N3O3/c1-19(2)32-24-8-4-6-20(16-24)26(30)21-7-5-14-28(17-21)18-25-27-13-15-29(25)22-9-11-23(31-3)12-10-22/h4,6,8-13,15-16,19,21H,5,7,14,17-18H2,1-3H3/t21-/m0/s1. The number of ether oxygens (including phenoxy) is 2. The van der Waals surface area contributed by atoms with Crippen LogP contribution in [0.3, 0.4) is 0 Å². The molecule has 3 aromatic rings. The maximum Gasteiger partial charge on any atom is 0.167 e. The Labute approximate surface area is 189 Å². The molecular formula is C26H31N3O3. The second-order valence-electron chi connectivity index (χ2n) is 8.54. The Morgan fingerprint density at radius 3 is 2.72 bits per heavy atom. The van der Waals surface area contributed by atoms with E-state index < -0.39 is 0 Å². The molecule has 1 aliphatic heterocycles. The van der Waals surface area contributed by atoms with E-state index in [0.29, 0.717) is 6.54 Å². The minimum atomic E-state index is -0.0116. The maximum atomic E-state index is 13.2. The fourth-order valence-corrected chi connectivity index (χ4v) is 4.27. The van der Waals surface area contributed by atoms with E-state index >= 15 is 0 Å². The van der Waals surface area contributed by atoms with Crippen LogP contribution < -0.4 is 9.47 Å². The third-order valence-electron chi connectivity index (χ3n) is 5.80. The molecule has 0 saturated carbocycles. The predicted octanol–water partition coefficient (Wildman–Crippen LogP) is 4.76. The summed E-state index contributed by atoms with van der Waals surface area (Å²) in [7, 11) is 1.67. The van der Waals surface area contributed by atoms with Crippen LogP contribution in [0.4, 0.5) is 0 Å². The van der Waals surface area contributed by atoms with Crippen LogP contribution in [0.1, 0.15) is 42.9 Å². The lowest BCUT2D eigenvalue weighted by Crippen LogP contribution is -2.38. The zero-order chi connectivity index (χ0) is 22.5. The Morgan fingerprint density at radius 2 is 1.97 bits per heavy atom. The molecule has 1 aromatic heterocycles. The van der Waals surface area contributed by atoms with E-state index in [4.69, 9.17) is 9.47 Å². The monoisotopic (exact) mass is 433 g/mol. The molecule has 1 fully saturated rings. The molecule has 1 aliphatic rings. The Bertz CT molecular complexity index is 1040. The molecule has 1 atom stereocenters. The first-order valence-electron chi connectivity index (χ1n) is 11.2. The van der Waals surface area contributed by atoms with Crippen LogP contribution in [-0.4, -0.2) is 46.5 Å². The summed E-state index contributed by atoms with van der Waals surface area (Å²) in [6.07, 6.45) is 5.80. The van der Waals surface area contributed by atoms with E-state index in [9.17, 15) is 4.79 Å². The molecular weight excluding hydrogens is 402 g/mol. The Hall–Kier alpha value is -3.12. The van der Waals surface area contributed by atoms with E-state index in [1.54, 1.807) is 7.11 Å². The van der Waals surface area contributed by atoms with Crippen molar-refractivity contribution in [3.63, 3.8) is 0 Å². The van der Waals surface area contributed by atoms with Crippen molar-refractivity contribution in [3.8, 4) is 17.2 Å². The van der Waals surface area contributed by atoms with Gasteiger partial charge in [-0.05, 0) is 69.6 Å². The van der Waals surface area contributed by atoms with E-state index in [2.05, 4.69) is 14.5 Å². The minimum absolute atomic E-state index is 0.0116. The summed E-state index contributed by atoms with van der Waals surface area (Å²) in [6.45, 7) is 6.39. The highest BCUT2D eigenvalue weighted by Gasteiger charge is 2.27. The van der Waals surface area contributed by atoms with Gasteiger partial charge >= 0.3 is 0 Å². The van der Waals surface area contributed by atoms with Crippen molar-refractivity contribution in [1.29, 1.82) is 0 Å². The molecule has 168 valence electrons. The smallest absolute Gasteiger partial charge is 0.167 e. The molecule has 0 bridgehead atoms. The van der Waals surface area contributed by atoms with E-state index in [1.807, 2.05) is 74.8 Å². The van der Waals surface area contributed by atoms with Crippen molar-refractivity contribution >= 4 is 5.78 Å². The molecule has 32 heavy (non-hydrogen) atoms. The zero-order valence-corrected chi connectivity index (χ0v) is 19.0. The lowest BCUT2D eigenvalue weighted by molar-refractivity contribution is 0.0807. The average Bonchev–Trinajstić information content (AvgIpc) is 3.26. The second-order valence-corrected chi connectivity index (χ2v) is 8.54. The van der Waals surface area contributed by atoms with Crippen LogP contribution in [0, 0.1) is 5.92 Å². The van der Waals surface area contributed by atoms with E-state index in [1.165, 1.54) is 0 Å². The number of aromatic nitrogens is 2. The molecule has 0 unspecified atom stereocenters. The van der Waals surface area contributed by atoms with Crippen LogP contribution in [0.5, 0.6) is 11.5 Å². The van der Waals surface area contributed by atoms with Crippen molar-refractivity contribution in [2.24, 2.45) is 5.92 Å². The van der Waals surface area contributed by atoms with Gasteiger partial charge in [-0.2, -0.15) is 0 Å². The van der Waals surface area contributed by atoms with Crippen molar-refractivity contribution in [2.75, 3.05) is 20.2 Å². The highest BCUT2D eigenvalue weighted by Crippen LogP contribution is 2.25. The number of carbonyl (C=O) groups excluding carboxylic acids is 1. The number of hydrogen-bond donors (Lipinski definition) is 0. The van der Waals surface area contributed by atoms with E-state index in [-0.39, 0.29) is 17.8 Å². The van der Waals surface area contributed by atoms with Crippen LogP contribution in [0.15, 0.2) is 60.9 Å². The Balaban J connectivity index is 1.44. The summed E-state index contributed by atoms with van der Waals surface area (Å²) >= 11 is 0. The second kappa shape index (κ2) is 10.0. The first-order chi connectivity index (χ1) is 15.5. The van der Waals surface area contributed by atoms with Gasteiger partial charge in [0.15, 0.2) is 5.78 Å². The zero-order valence-electron chi connectivity index (χ0n) is 19.0. The molecule has 0 radical (unpaired) electrons. The fourth-order valence-electron chi connectivity index (χ4n) is 4.27. The molecule has 6 nitrogen and oxygen atoms in total. The van der Waals surface area contributed by atoms with Gasteiger partial charge in [-0.15, -0.1) is 0 Å². The number of Topliss-reactive ketones (excluding diaryl/α,β-unsaturated/α-hetero) is 1. The number of nitrogens with zero attached hydrogens (tertiary/aromatic N) is 3. The summed E-state index contributed by atoms with van der Waals surface area (Å²) in [5.74, 6) is 2.73. The molecule has 4 rings (SSSR count). The van der Waals surface area contributed by atoms with Gasteiger partial charge < -0.3 is 14.0 Å². The van der Waals surface area contributed by atoms with Crippen LogP contribution in [0.25, 0.3) is 5.69 Å².